The van der Waals surface area contributed by atoms with Crippen molar-refractivity contribution in [3.8, 4) is 0 Å². The third-order valence-corrected chi connectivity index (χ3v) is 3.82. The van der Waals surface area contributed by atoms with Gasteiger partial charge in [0.15, 0.2) is 0 Å². The summed E-state index contributed by atoms with van der Waals surface area (Å²) in [5, 5.41) is 14.0. The van der Waals surface area contributed by atoms with Crippen molar-refractivity contribution in [3.63, 3.8) is 0 Å². The van der Waals surface area contributed by atoms with Crippen LogP contribution in [0.3, 0.4) is 0 Å². The molecule has 3 rings (SSSR count). The zero-order valence-electron chi connectivity index (χ0n) is 10.3. The Labute approximate surface area is 101 Å². The van der Waals surface area contributed by atoms with Crippen LogP contribution in [-0.2, 0) is 20.0 Å². The number of aromatic nitrogens is 1. The number of benzene rings is 1. The van der Waals surface area contributed by atoms with Gasteiger partial charge in [0.05, 0.1) is 6.61 Å². The average molecular weight is 230 g/mol. The molecule has 3 nitrogen and oxygen atoms in total. The quantitative estimate of drug-likeness (QED) is 0.779. The summed E-state index contributed by atoms with van der Waals surface area (Å²) >= 11 is 0. The third-order valence-electron chi connectivity index (χ3n) is 3.82. The largest absolute Gasteiger partial charge is 0.395 e. The van der Waals surface area contributed by atoms with Gasteiger partial charge < -0.3 is 15.0 Å². The highest BCUT2D eigenvalue weighted by Crippen LogP contribution is 2.29. The Morgan fingerprint density at radius 3 is 3.06 bits per heavy atom. The maximum atomic E-state index is 9.28. The fraction of sp³-hybridized carbons (Fsp3) is 0.429. The molecule has 0 spiro atoms. The van der Waals surface area contributed by atoms with E-state index >= 15 is 0 Å². The van der Waals surface area contributed by atoms with E-state index in [9.17, 15) is 5.11 Å². The first-order chi connectivity index (χ1) is 8.20. The van der Waals surface area contributed by atoms with E-state index in [0.29, 0.717) is 0 Å². The smallest absolute Gasteiger partial charge is 0.0588 e. The molecule has 1 aliphatic rings. The van der Waals surface area contributed by atoms with E-state index in [-0.39, 0.29) is 12.6 Å². The van der Waals surface area contributed by atoms with Crippen LogP contribution in [0, 0.1) is 6.92 Å². The van der Waals surface area contributed by atoms with Crippen molar-refractivity contribution < 1.29 is 5.11 Å². The number of aryl methyl sites for hydroxylation is 2. The molecule has 17 heavy (non-hydrogen) atoms. The van der Waals surface area contributed by atoms with Crippen LogP contribution in [0.5, 0.6) is 0 Å². The number of aliphatic hydroxyl groups excluding tert-OH is 1. The highest BCUT2D eigenvalue weighted by Gasteiger charge is 2.23. The van der Waals surface area contributed by atoms with Crippen molar-refractivity contribution in [2.45, 2.75) is 25.9 Å². The first kappa shape index (κ1) is 10.8. The fourth-order valence-corrected chi connectivity index (χ4v) is 2.83. The second-order valence-corrected chi connectivity index (χ2v) is 4.97. The predicted octanol–water partition coefficient (Wildman–Crippen LogP) is 1.49. The van der Waals surface area contributed by atoms with Gasteiger partial charge in [0.2, 0.25) is 0 Å². The highest BCUT2D eigenvalue weighted by molar-refractivity contribution is 5.86. The van der Waals surface area contributed by atoms with Crippen LogP contribution in [-0.4, -0.2) is 22.3 Å². The Morgan fingerprint density at radius 2 is 2.29 bits per heavy atom. The summed E-state index contributed by atoms with van der Waals surface area (Å²) in [6, 6.07) is 6.81. The molecule has 0 saturated heterocycles. The van der Waals surface area contributed by atoms with Crippen LogP contribution in [0.15, 0.2) is 18.2 Å². The topological polar surface area (TPSA) is 37.2 Å². The number of hydrogen-bond acceptors (Lipinski definition) is 2. The van der Waals surface area contributed by atoms with Crippen LogP contribution in [0.4, 0.5) is 0 Å². The molecule has 1 atom stereocenters. The van der Waals surface area contributed by atoms with Gasteiger partial charge in [-0.3, -0.25) is 0 Å². The van der Waals surface area contributed by atoms with Gasteiger partial charge in [-0.2, -0.15) is 0 Å². The van der Waals surface area contributed by atoms with Crippen molar-refractivity contribution in [3.05, 3.63) is 35.0 Å². The summed E-state index contributed by atoms with van der Waals surface area (Å²) in [7, 11) is 2.12. The van der Waals surface area contributed by atoms with E-state index in [0.717, 1.165) is 13.0 Å². The second kappa shape index (κ2) is 3.86. The molecule has 2 heterocycles. The van der Waals surface area contributed by atoms with Gasteiger partial charge in [-0.05, 0) is 31.0 Å². The number of fused-ring (bicyclic) bond motifs is 3. The minimum atomic E-state index is 0.202. The molecule has 2 aromatic rings. The molecule has 2 N–H and O–H groups in total. The lowest BCUT2D eigenvalue weighted by Gasteiger charge is -2.23. The standard InChI is InChI=1S/C14H18N2O/c1-9-3-4-13-11(5-9)12-6-10(8-17)15-7-14(12)16(13)2/h3-5,10,15,17H,6-8H2,1-2H3. The van der Waals surface area contributed by atoms with E-state index in [1.165, 1.54) is 27.7 Å². The third kappa shape index (κ3) is 1.58. The van der Waals surface area contributed by atoms with Crippen LogP contribution in [0.1, 0.15) is 16.8 Å². The lowest BCUT2D eigenvalue weighted by molar-refractivity contribution is 0.235. The molecule has 0 radical (unpaired) electrons. The lowest BCUT2D eigenvalue weighted by Crippen LogP contribution is -2.38. The van der Waals surface area contributed by atoms with Crippen molar-refractivity contribution in [1.29, 1.82) is 0 Å². The van der Waals surface area contributed by atoms with Gasteiger partial charge in [-0.25, -0.2) is 0 Å². The monoisotopic (exact) mass is 230 g/mol. The molecule has 1 aromatic carbocycles. The van der Waals surface area contributed by atoms with Crippen molar-refractivity contribution in [2.24, 2.45) is 7.05 Å². The summed E-state index contributed by atoms with van der Waals surface area (Å²) in [6.45, 7) is 3.19. The summed E-state index contributed by atoms with van der Waals surface area (Å²) in [4.78, 5) is 0. The summed E-state index contributed by atoms with van der Waals surface area (Å²) in [5.74, 6) is 0. The lowest BCUT2D eigenvalue weighted by atomic mass is 9.98. The SMILES string of the molecule is Cc1ccc2c(c1)c1c(n2C)CNC(CO)C1. The van der Waals surface area contributed by atoms with Crippen LogP contribution in [0.2, 0.25) is 0 Å². The zero-order chi connectivity index (χ0) is 12.0. The Kier molecular flexibility index (Phi) is 2.45. The maximum Gasteiger partial charge on any atom is 0.0588 e. The van der Waals surface area contributed by atoms with Crippen molar-refractivity contribution in [2.75, 3.05) is 6.61 Å². The van der Waals surface area contributed by atoms with Crippen LogP contribution < -0.4 is 5.32 Å². The van der Waals surface area contributed by atoms with Crippen LogP contribution >= 0.6 is 0 Å². The molecule has 1 unspecified atom stereocenters. The van der Waals surface area contributed by atoms with Gasteiger partial charge in [-0.15, -0.1) is 0 Å². The van der Waals surface area contributed by atoms with Gasteiger partial charge in [0, 0.05) is 36.2 Å². The first-order valence-electron chi connectivity index (χ1n) is 6.11. The summed E-state index contributed by atoms with van der Waals surface area (Å²) in [5.41, 5.74) is 5.35. The normalized spacial score (nSPS) is 19.6. The molecule has 3 heteroatoms. The number of hydrogen-bond donors (Lipinski definition) is 2. The van der Waals surface area contributed by atoms with Crippen molar-refractivity contribution >= 4 is 10.9 Å². The number of rotatable bonds is 1. The Bertz CT molecular complexity index is 571. The molecular formula is C14H18N2O. The Morgan fingerprint density at radius 1 is 1.47 bits per heavy atom. The summed E-state index contributed by atoms with van der Waals surface area (Å²) in [6.07, 6.45) is 0.923. The van der Waals surface area contributed by atoms with Gasteiger partial charge in [0.25, 0.3) is 0 Å². The number of aliphatic hydroxyl groups is 1. The van der Waals surface area contributed by atoms with E-state index in [1.54, 1.807) is 0 Å². The van der Waals surface area contributed by atoms with E-state index < -0.39 is 0 Å². The Hall–Kier alpha value is -1.32. The first-order valence-corrected chi connectivity index (χ1v) is 6.11. The molecule has 1 aromatic heterocycles. The minimum absolute atomic E-state index is 0.202. The molecule has 1 aliphatic heterocycles. The zero-order valence-corrected chi connectivity index (χ0v) is 10.3. The molecular weight excluding hydrogens is 212 g/mol. The van der Waals surface area contributed by atoms with Gasteiger partial charge >= 0.3 is 0 Å². The predicted molar refractivity (Wildman–Crippen MR) is 69.1 cm³/mol. The second-order valence-electron chi connectivity index (χ2n) is 4.97. The minimum Gasteiger partial charge on any atom is -0.395 e. The molecule has 0 aliphatic carbocycles. The van der Waals surface area contributed by atoms with Crippen molar-refractivity contribution in [1.82, 2.24) is 9.88 Å². The number of nitrogens with zero attached hydrogens (tertiary/aromatic N) is 1. The fourth-order valence-electron chi connectivity index (χ4n) is 2.83. The average Bonchev–Trinajstić information content (AvgIpc) is 2.62. The van der Waals surface area contributed by atoms with E-state index in [4.69, 9.17) is 0 Å². The van der Waals surface area contributed by atoms with Gasteiger partial charge in [0.1, 0.15) is 0 Å². The molecule has 0 bridgehead atoms. The molecule has 90 valence electrons. The molecule has 0 amide bonds. The van der Waals surface area contributed by atoms with Gasteiger partial charge in [-0.1, -0.05) is 11.6 Å². The van der Waals surface area contributed by atoms with Crippen LogP contribution in [0.25, 0.3) is 10.9 Å². The molecule has 0 saturated carbocycles. The van der Waals surface area contributed by atoms with E-state index in [1.807, 2.05) is 0 Å². The van der Waals surface area contributed by atoms with E-state index in [2.05, 4.69) is 42.1 Å². The number of nitrogens with one attached hydrogen (secondary N) is 1. The molecule has 0 fully saturated rings. The Balaban J connectivity index is 2.23. The maximum absolute atomic E-state index is 9.28. The highest BCUT2D eigenvalue weighted by atomic mass is 16.3. The summed E-state index contributed by atoms with van der Waals surface area (Å²) < 4.78 is 2.27.